The van der Waals surface area contributed by atoms with Gasteiger partial charge in [0.25, 0.3) is 5.56 Å². The van der Waals surface area contributed by atoms with Crippen LogP contribution >= 0.6 is 0 Å². The van der Waals surface area contributed by atoms with Crippen molar-refractivity contribution in [3.8, 4) is 28.4 Å². The SMILES string of the molecule is COc1nccc(Nc2cc(-c3cccc(-c4ccccc4C(N)=O)c3C)nn(C)c2=O)n1. The van der Waals surface area contributed by atoms with E-state index < -0.39 is 5.91 Å². The molecule has 0 saturated carbocycles. The summed E-state index contributed by atoms with van der Waals surface area (Å²) in [6.45, 7) is 1.94. The van der Waals surface area contributed by atoms with E-state index in [2.05, 4.69) is 20.4 Å². The Bertz CT molecular complexity index is 1410. The summed E-state index contributed by atoms with van der Waals surface area (Å²) in [6, 6.07) is 16.4. The van der Waals surface area contributed by atoms with Crippen molar-refractivity contribution in [2.24, 2.45) is 12.8 Å². The Morgan fingerprint density at radius 1 is 1.06 bits per heavy atom. The molecule has 2 aromatic heterocycles. The molecule has 0 spiro atoms. The first kappa shape index (κ1) is 21.7. The Morgan fingerprint density at radius 2 is 1.79 bits per heavy atom. The molecule has 2 aromatic carbocycles. The molecular formula is C24H22N6O3. The number of amides is 1. The summed E-state index contributed by atoms with van der Waals surface area (Å²) in [5.41, 5.74) is 9.88. The van der Waals surface area contributed by atoms with E-state index in [0.717, 1.165) is 22.3 Å². The molecular weight excluding hydrogens is 420 g/mol. The lowest BCUT2D eigenvalue weighted by molar-refractivity contribution is 0.100. The van der Waals surface area contributed by atoms with Crippen molar-refractivity contribution in [1.82, 2.24) is 19.7 Å². The third kappa shape index (κ3) is 4.29. The Balaban J connectivity index is 1.81. The van der Waals surface area contributed by atoms with E-state index >= 15 is 0 Å². The number of hydrogen-bond donors (Lipinski definition) is 2. The van der Waals surface area contributed by atoms with Gasteiger partial charge in [-0.2, -0.15) is 10.1 Å². The summed E-state index contributed by atoms with van der Waals surface area (Å²) < 4.78 is 6.31. The third-order valence-electron chi connectivity index (χ3n) is 5.23. The average molecular weight is 442 g/mol. The van der Waals surface area contributed by atoms with Crippen LogP contribution in [0.5, 0.6) is 6.01 Å². The van der Waals surface area contributed by atoms with E-state index in [4.69, 9.17) is 10.5 Å². The van der Waals surface area contributed by atoms with Gasteiger partial charge in [-0.15, -0.1) is 0 Å². The highest BCUT2D eigenvalue weighted by molar-refractivity contribution is 6.00. The molecule has 9 heteroatoms. The summed E-state index contributed by atoms with van der Waals surface area (Å²) in [4.78, 5) is 32.8. The van der Waals surface area contributed by atoms with Gasteiger partial charge in [0.1, 0.15) is 11.5 Å². The standard InChI is InChI=1S/C24H22N6O3/c1-14-15(17-7-4-5-8-18(17)22(25)31)9-6-10-16(14)19-13-20(23(32)30(2)29-19)27-21-11-12-26-24(28-21)33-3/h4-13H,1-3H3,(H2,25,31)(H,26,27,28). The molecule has 0 radical (unpaired) electrons. The van der Waals surface area contributed by atoms with Crippen LogP contribution < -0.4 is 21.3 Å². The quantitative estimate of drug-likeness (QED) is 0.470. The fourth-order valence-corrected chi connectivity index (χ4v) is 3.61. The topological polar surface area (TPSA) is 125 Å². The van der Waals surface area contributed by atoms with Gasteiger partial charge >= 0.3 is 6.01 Å². The van der Waals surface area contributed by atoms with E-state index in [1.165, 1.54) is 18.0 Å². The number of aromatic nitrogens is 4. The van der Waals surface area contributed by atoms with Crippen LogP contribution in [0.3, 0.4) is 0 Å². The lowest BCUT2D eigenvalue weighted by Gasteiger charge is -2.15. The van der Waals surface area contributed by atoms with Crippen molar-refractivity contribution in [1.29, 1.82) is 0 Å². The number of rotatable bonds is 6. The van der Waals surface area contributed by atoms with Crippen LogP contribution in [0.2, 0.25) is 0 Å². The normalized spacial score (nSPS) is 10.6. The molecule has 0 aliphatic carbocycles. The number of hydrogen-bond acceptors (Lipinski definition) is 7. The van der Waals surface area contributed by atoms with Gasteiger partial charge in [0.2, 0.25) is 5.91 Å². The molecule has 2 heterocycles. The van der Waals surface area contributed by atoms with Crippen LogP contribution in [0, 0.1) is 6.92 Å². The number of methoxy groups -OCH3 is 1. The van der Waals surface area contributed by atoms with E-state index in [1.54, 1.807) is 31.3 Å². The molecule has 0 atom stereocenters. The van der Waals surface area contributed by atoms with Crippen molar-refractivity contribution in [2.45, 2.75) is 6.92 Å². The summed E-state index contributed by atoms with van der Waals surface area (Å²) in [5.74, 6) is -0.0839. The van der Waals surface area contributed by atoms with Gasteiger partial charge in [0.15, 0.2) is 0 Å². The minimum atomic E-state index is -0.498. The van der Waals surface area contributed by atoms with Gasteiger partial charge in [0.05, 0.1) is 12.8 Å². The molecule has 1 amide bonds. The highest BCUT2D eigenvalue weighted by atomic mass is 16.5. The first-order valence-corrected chi connectivity index (χ1v) is 10.1. The Hall–Kier alpha value is -4.53. The highest BCUT2D eigenvalue weighted by Crippen LogP contribution is 2.33. The van der Waals surface area contributed by atoms with Crippen molar-refractivity contribution in [3.63, 3.8) is 0 Å². The number of nitrogens with two attached hydrogens (primary N) is 1. The van der Waals surface area contributed by atoms with Gasteiger partial charge in [-0.25, -0.2) is 9.67 Å². The largest absolute Gasteiger partial charge is 0.467 e. The fourth-order valence-electron chi connectivity index (χ4n) is 3.61. The predicted molar refractivity (Wildman–Crippen MR) is 125 cm³/mol. The monoisotopic (exact) mass is 442 g/mol. The molecule has 4 aromatic rings. The lowest BCUT2D eigenvalue weighted by Crippen LogP contribution is -2.23. The number of anilines is 2. The maximum atomic E-state index is 12.7. The second-order valence-electron chi connectivity index (χ2n) is 7.31. The Labute approximate surface area is 189 Å². The summed E-state index contributed by atoms with van der Waals surface area (Å²) >= 11 is 0. The fraction of sp³-hybridized carbons (Fsp3) is 0.125. The molecule has 0 fully saturated rings. The molecule has 33 heavy (non-hydrogen) atoms. The van der Waals surface area contributed by atoms with E-state index in [-0.39, 0.29) is 11.6 Å². The second-order valence-corrected chi connectivity index (χ2v) is 7.31. The van der Waals surface area contributed by atoms with Crippen LogP contribution in [0.1, 0.15) is 15.9 Å². The first-order valence-electron chi connectivity index (χ1n) is 10.1. The minimum absolute atomic E-state index is 0.183. The van der Waals surface area contributed by atoms with E-state index in [9.17, 15) is 9.59 Å². The average Bonchev–Trinajstić information content (AvgIpc) is 2.82. The van der Waals surface area contributed by atoms with Gasteiger partial charge < -0.3 is 15.8 Å². The number of carbonyl (C=O) groups is 1. The molecule has 4 rings (SSSR count). The zero-order chi connectivity index (χ0) is 23.5. The number of primary amides is 1. The molecule has 3 N–H and O–H groups in total. The van der Waals surface area contributed by atoms with Gasteiger partial charge in [-0.3, -0.25) is 9.59 Å². The number of nitrogens with zero attached hydrogens (tertiary/aromatic N) is 4. The van der Waals surface area contributed by atoms with E-state index in [0.29, 0.717) is 22.8 Å². The number of aryl methyl sites for hydroxylation is 1. The van der Waals surface area contributed by atoms with Gasteiger partial charge in [-0.1, -0.05) is 36.4 Å². The summed E-state index contributed by atoms with van der Waals surface area (Å²) in [6.07, 6.45) is 1.53. The molecule has 0 unspecified atom stereocenters. The Kier molecular flexibility index (Phi) is 5.86. The molecule has 0 saturated heterocycles. The molecule has 0 aliphatic heterocycles. The zero-order valence-electron chi connectivity index (χ0n) is 18.4. The van der Waals surface area contributed by atoms with E-state index in [1.807, 2.05) is 37.3 Å². The number of benzene rings is 2. The highest BCUT2D eigenvalue weighted by Gasteiger charge is 2.16. The van der Waals surface area contributed by atoms with Crippen LogP contribution in [-0.4, -0.2) is 32.8 Å². The van der Waals surface area contributed by atoms with Crippen LogP contribution in [0.25, 0.3) is 22.4 Å². The Morgan fingerprint density at radius 3 is 2.55 bits per heavy atom. The molecule has 9 nitrogen and oxygen atoms in total. The number of nitrogens with one attached hydrogen (secondary N) is 1. The second kappa shape index (κ2) is 8.91. The molecule has 0 bridgehead atoms. The third-order valence-corrected chi connectivity index (χ3v) is 5.23. The van der Waals surface area contributed by atoms with Crippen molar-refractivity contribution in [2.75, 3.05) is 12.4 Å². The maximum Gasteiger partial charge on any atom is 0.318 e. The van der Waals surface area contributed by atoms with Crippen LogP contribution in [-0.2, 0) is 7.05 Å². The number of carbonyl (C=O) groups excluding carboxylic acids is 1. The van der Waals surface area contributed by atoms with Crippen molar-refractivity contribution < 1.29 is 9.53 Å². The van der Waals surface area contributed by atoms with Crippen LogP contribution in [0.15, 0.2) is 65.6 Å². The van der Waals surface area contributed by atoms with Crippen LogP contribution in [0.4, 0.5) is 11.5 Å². The predicted octanol–water partition coefficient (Wildman–Crippen LogP) is 3.06. The summed E-state index contributed by atoms with van der Waals surface area (Å²) in [7, 11) is 3.05. The molecule has 0 aliphatic rings. The molecule has 166 valence electrons. The smallest absolute Gasteiger partial charge is 0.318 e. The maximum absolute atomic E-state index is 12.7. The van der Waals surface area contributed by atoms with Crippen molar-refractivity contribution in [3.05, 3.63) is 82.3 Å². The van der Waals surface area contributed by atoms with Gasteiger partial charge in [0, 0.05) is 24.4 Å². The van der Waals surface area contributed by atoms with Gasteiger partial charge in [-0.05, 0) is 41.8 Å². The summed E-state index contributed by atoms with van der Waals surface area (Å²) in [5, 5.41) is 7.47. The first-order chi connectivity index (χ1) is 15.9. The zero-order valence-corrected chi connectivity index (χ0v) is 18.4. The minimum Gasteiger partial charge on any atom is -0.467 e. The van der Waals surface area contributed by atoms with Crippen molar-refractivity contribution >= 4 is 17.4 Å². The number of ether oxygens (including phenoxy) is 1. The lowest BCUT2D eigenvalue weighted by atomic mass is 9.92.